The van der Waals surface area contributed by atoms with Gasteiger partial charge in [0, 0.05) is 42.9 Å². The number of piperidine rings is 1. The van der Waals surface area contributed by atoms with Crippen LogP contribution in [-0.4, -0.2) is 54.3 Å². The molecular weight excluding hydrogens is 252 g/mol. The molecule has 0 N–H and O–H groups in total. The van der Waals surface area contributed by atoms with Crippen molar-refractivity contribution in [1.29, 1.82) is 0 Å². The first-order chi connectivity index (χ1) is 9.42. The summed E-state index contributed by atoms with van der Waals surface area (Å²) < 4.78 is 0. The Bertz CT molecular complexity index is 382. The second kappa shape index (κ2) is 6.78. The molecule has 0 radical (unpaired) electrons. The SMILES string of the molecule is c1ccc(SCCN2CCN3CCCCC3C2)cc1. The summed E-state index contributed by atoms with van der Waals surface area (Å²) in [7, 11) is 0. The van der Waals surface area contributed by atoms with E-state index >= 15 is 0 Å². The average Bonchev–Trinajstić information content (AvgIpc) is 2.48. The summed E-state index contributed by atoms with van der Waals surface area (Å²) in [5.41, 5.74) is 0. The highest BCUT2D eigenvalue weighted by Crippen LogP contribution is 2.22. The van der Waals surface area contributed by atoms with Gasteiger partial charge in [-0.25, -0.2) is 0 Å². The fourth-order valence-electron chi connectivity index (χ4n) is 3.23. The maximum Gasteiger partial charge on any atom is 0.0223 e. The van der Waals surface area contributed by atoms with E-state index < -0.39 is 0 Å². The normalized spacial score (nSPS) is 25.2. The van der Waals surface area contributed by atoms with E-state index in [0.29, 0.717) is 0 Å². The molecule has 2 aliphatic rings. The first kappa shape index (κ1) is 13.5. The Morgan fingerprint density at radius 1 is 1.05 bits per heavy atom. The van der Waals surface area contributed by atoms with Gasteiger partial charge < -0.3 is 0 Å². The Kier molecular flexibility index (Phi) is 4.81. The Morgan fingerprint density at radius 3 is 2.84 bits per heavy atom. The van der Waals surface area contributed by atoms with Crippen LogP contribution in [0.5, 0.6) is 0 Å². The summed E-state index contributed by atoms with van der Waals surface area (Å²) in [5, 5.41) is 0. The molecule has 19 heavy (non-hydrogen) atoms. The van der Waals surface area contributed by atoms with Crippen LogP contribution in [0.3, 0.4) is 0 Å². The molecule has 3 rings (SSSR count). The van der Waals surface area contributed by atoms with Gasteiger partial charge in [0.1, 0.15) is 0 Å². The molecule has 2 fully saturated rings. The molecule has 2 saturated heterocycles. The van der Waals surface area contributed by atoms with Crippen LogP contribution in [0.25, 0.3) is 0 Å². The van der Waals surface area contributed by atoms with E-state index in [0.717, 1.165) is 6.04 Å². The zero-order chi connectivity index (χ0) is 12.9. The van der Waals surface area contributed by atoms with Gasteiger partial charge in [0.05, 0.1) is 0 Å². The Hall–Kier alpha value is -0.510. The van der Waals surface area contributed by atoms with Crippen molar-refractivity contribution in [3.8, 4) is 0 Å². The van der Waals surface area contributed by atoms with Crippen LogP contribution in [0, 0.1) is 0 Å². The van der Waals surface area contributed by atoms with Gasteiger partial charge in [0.15, 0.2) is 0 Å². The lowest BCUT2D eigenvalue weighted by atomic mass is 10.00. The highest BCUT2D eigenvalue weighted by molar-refractivity contribution is 7.99. The number of rotatable bonds is 4. The third kappa shape index (κ3) is 3.74. The minimum absolute atomic E-state index is 0.851. The first-order valence-corrected chi connectivity index (χ1v) is 8.54. The Labute approximate surface area is 121 Å². The lowest BCUT2D eigenvalue weighted by Crippen LogP contribution is -2.55. The molecule has 0 aliphatic carbocycles. The standard InChI is InChI=1S/C16H24N2S/c1-2-7-16(8-3-1)19-13-12-17-10-11-18-9-5-4-6-15(18)14-17/h1-3,7-8,15H,4-6,9-14H2. The van der Waals surface area contributed by atoms with Gasteiger partial charge in [0.2, 0.25) is 0 Å². The van der Waals surface area contributed by atoms with Crippen molar-refractivity contribution in [3.63, 3.8) is 0 Å². The van der Waals surface area contributed by atoms with Gasteiger partial charge in [-0.2, -0.15) is 0 Å². The molecule has 1 aromatic carbocycles. The van der Waals surface area contributed by atoms with Gasteiger partial charge in [0.25, 0.3) is 0 Å². The average molecular weight is 276 g/mol. The van der Waals surface area contributed by atoms with Crippen molar-refractivity contribution in [2.45, 2.75) is 30.2 Å². The second-order valence-electron chi connectivity index (χ2n) is 5.65. The highest BCUT2D eigenvalue weighted by Gasteiger charge is 2.28. The lowest BCUT2D eigenvalue weighted by Gasteiger charge is -2.44. The smallest absolute Gasteiger partial charge is 0.0223 e. The number of hydrogen-bond acceptors (Lipinski definition) is 3. The molecular formula is C16H24N2S. The second-order valence-corrected chi connectivity index (χ2v) is 6.82. The summed E-state index contributed by atoms with van der Waals surface area (Å²) >= 11 is 1.99. The molecule has 3 heteroatoms. The van der Waals surface area contributed by atoms with E-state index in [2.05, 4.69) is 40.1 Å². The monoisotopic (exact) mass is 276 g/mol. The largest absolute Gasteiger partial charge is 0.300 e. The highest BCUT2D eigenvalue weighted by atomic mass is 32.2. The van der Waals surface area contributed by atoms with Gasteiger partial charge in [-0.3, -0.25) is 9.80 Å². The maximum atomic E-state index is 2.71. The van der Waals surface area contributed by atoms with Crippen LogP contribution in [0.2, 0.25) is 0 Å². The predicted octanol–water partition coefficient (Wildman–Crippen LogP) is 2.95. The van der Waals surface area contributed by atoms with Crippen molar-refractivity contribution in [1.82, 2.24) is 9.80 Å². The van der Waals surface area contributed by atoms with E-state index in [1.807, 2.05) is 11.8 Å². The number of hydrogen-bond donors (Lipinski definition) is 0. The molecule has 0 bridgehead atoms. The lowest BCUT2D eigenvalue weighted by molar-refractivity contribution is 0.0527. The molecule has 1 unspecified atom stereocenters. The number of thioether (sulfide) groups is 1. The van der Waals surface area contributed by atoms with E-state index in [-0.39, 0.29) is 0 Å². The molecule has 2 heterocycles. The van der Waals surface area contributed by atoms with Crippen molar-refractivity contribution in [3.05, 3.63) is 30.3 Å². The number of piperazine rings is 1. The van der Waals surface area contributed by atoms with Crippen LogP contribution in [0.4, 0.5) is 0 Å². The van der Waals surface area contributed by atoms with Crippen molar-refractivity contribution < 1.29 is 0 Å². The molecule has 0 amide bonds. The van der Waals surface area contributed by atoms with Gasteiger partial charge in [-0.15, -0.1) is 11.8 Å². The van der Waals surface area contributed by atoms with Crippen molar-refractivity contribution in [2.24, 2.45) is 0 Å². The topological polar surface area (TPSA) is 6.48 Å². The maximum absolute atomic E-state index is 2.71. The van der Waals surface area contributed by atoms with E-state index in [4.69, 9.17) is 0 Å². The van der Waals surface area contributed by atoms with Crippen LogP contribution in [-0.2, 0) is 0 Å². The van der Waals surface area contributed by atoms with Crippen LogP contribution < -0.4 is 0 Å². The minimum atomic E-state index is 0.851. The van der Waals surface area contributed by atoms with Crippen LogP contribution in [0.1, 0.15) is 19.3 Å². The quantitative estimate of drug-likeness (QED) is 0.781. The van der Waals surface area contributed by atoms with E-state index in [1.54, 1.807) is 0 Å². The molecule has 2 nitrogen and oxygen atoms in total. The van der Waals surface area contributed by atoms with Gasteiger partial charge >= 0.3 is 0 Å². The van der Waals surface area contributed by atoms with Crippen LogP contribution >= 0.6 is 11.8 Å². The fourth-order valence-corrected chi connectivity index (χ4v) is 4.17. The number of fused-ring (bicyclic) bond motifs is 1. The molecule has 0 spiro atoms. The van der Waals surface area contributed by atoms with Gasteiger partial charge in [-0.1, -0.05) is 24.6 Å². The fraction of sp³-hybridized carbons (Fsp3) is 0.625. The first-order valence-electron chi connectivity index (χ1n) is 7.56. The molecule has 0 aromatic heterocycles. The molecule has 2 aliphatic heterocycles. The zero-order valence-electron chi connectivity index (χ0n) is 11.6. The summed E-state index contributed by atoms with van der Waals surface area (Å²) in [6.07, 6.45) is 4.27. The predicted molar refractivity (Wildman–Crippen MR) is 82.8 cm³/mol. The summed E-state index contributed by atoms with van der Waals surface area (Å²) in [6, 6.07) is 11.6. The number of nitrogens with zero attached hydrogens (tertiary/aromatic N) is 2. The Balaban J connectivity index is 1.41. The molecule has 1 aromatic rings. The number of benzene rings is 1. The summed E-state index contributed by atoms with van der Waals surface area (Å²) in [6.45, 7) is 6.45. The van der Waals surface area contributed by atoms with Gasteiger partial charge in [-0.05, 0) is 31.5 Å². The molecule has 0 saturated carbocycles. The summed E-state index contributed by atoms with van der Waals surface area (Å²) in [5.74, 6) is 1.22. The Morgan fingerprint density at radius 2 is 1.95 bits per heavy atom. The van der Waals surface area contributed by atoms with Crippen molar-refractivity contribution >= 4 is 11.8 Å². The third-order valence-electron chi connectivity index (χ3n) is 4.34. The zero-order valence-corrected chi connectivity index (χ0v) is 12.4. The van der Waals surface area contributed by atoms with Crippen LogP contribution in [0.15, 0.2) is 35.2 Å². The minimum Gasteiger partial charge on any atom is -0.300 e. The van der Waals surface area contributed by atoms with E-state index in [1.165, 1.54) is 62.6 Å². The third-order valence-corrected chi connectivity index (χ3v) is 5.33. The van der Waals surface area contributed by atoms with Crippen molar-refractivity contribution in [2.75, 3.05) is 38.5 Å². The molecule has 1 atom stereocenters. The summed E-state index contributed by atoms with van der Waals surface area (Å²) in [4.78, 5) is 6.78. The van der Waals surface area contributed by atoms with E-state index in [9.17, 15) is 0 Å². The molecule has 104 valence electrons.